The molecule has 126 valence electrons. The van der Waals surface area contributed by atoms with Crippen LogP contribution in [0.1, 0.15) is 11.6 Å². The highest BCUT2D eigenvalue weighted by atomic mass is 35.5. The molecule has 0 amide bonds. The summed E-state index contributed by atoms with van der Waals surface area (Å²) < 4.78 is 68.1. The van der Waals surface area contributed by atoms with E-state index in [0.29, 0.717) is 19.2 Å². The molecule has 0 aliphatic carbocycles. The van der Waals surface area contributed by atoms with Crippen molar-refractivity contribution in [2.75, 3.05) is 32.8 Å². The summed E-state index contributed by atoms with van der Waals surface area (Å²) in [5.41, 5.74) is -0.658. The molecule has 0 radical (unpaired) electrons. The fraction of sp³-hybridized carbons (Fsp3) is 0.538. The van der Waals surface area contributed by atoms with Crippen molar-refractivity contribution in [3.05, 3.63) is 35.1 Å². The topological polar surface area (TPSA) is 35.5 Å². The SMILES string of the molecule is Cl.OCC(F)(F)[C@@H](c1cc(F)c(F)cc1F)N1CCNCC1. The second-order valence-electron chi connectivity index (χ2n) is 4.90. The molecule has 0 bridgehead atoms. The molecule has 0 aromatic heterocycles. The van der Waals surface area contributed by atoms with Crippen LogP contribution in [0.3, 0.4) is 0 Å². The van der Waals surface area contributed by atoms with Crippen LogP contribution in [-0.2, 0) is 0 Å². The van der Waals surface area contributed by atoms with Crippen LogP contribution in [0.2, 0.25) is 0 Å². The van der Waals surface area contributed by atoms with E-state index in [2.05, 4.69) is 5.32 Å². The molecule has 1 aromatic carbocycles. The maximum Gasteiger partial charge on any atom is 0.290 e. The number of piperazine rings is 1. The Morgan fingerprint density at radius 3 is 2.18 bits per heavy atom. The highest BCUT2D eigenvalue weighted by molar-refractivity contribution is 5.85. The van der Waals surface area contributed by atoms with E-state index >= 15 is 0 Å². The van der Waals surface area contributed by atoms with Gasteiger partial charge in [-0.1, -0.05) is 0 Å². The van der Waals surface area contributed by atoms with Gasteiger partial charge in [-0.15, -0.1) is 12.4 Å². The summed E-state index contributed by atoms with van der Waals surface area (Å²) in [4.78, 5) is 1.25. The molecule has 2 rings (SSSR count). The van der Waals surface area contributed by atoms with Gasteiger partial charge in [-0.05, 0) is 6.07 Å². The quantitative estimate of drug-likeness (QED) is 0.647. The number of halogens is 6. The number of aliphatic hydroxyl groups is 1. The second-order valence-corrected chi connectivity index (χ2v) is 4.90. The summed E-state index contributed by atoms with van der Waals surface area (Å²) in [7, 11) is 0. The molecular formula is C13H16ClF5N2O. The van der Waals surface area contributed by atoms with Crippen LogP contribution in [0, 0.1) is 17.5 Å². The van der Waals surface area contributed by atoms with E-state index in [1.165, 1.54) is 4.90 Å². The monoisotopic (exact) mass is 346 g/mol. The fourth-order valence-electron chi connectivity index (χ4n) is 2.47. The number of hydrogen-bond donors (Lipinski definition) is 2. The third-order valence-corrected chi connectivity index (χ3v) is 3.46. The van der Waals surface area contributed by atoms with Gasteiger partial charge >= 0.3 is 0 Å². The van der Waals surface area contributed by atoms with Gasteiger partial charge in [0.2, 0.25) is 0 Å². The predicted octanol–water partition coefficient (Wildman–Crippen LogP) is 2.10. The van der Waals surface area contributed by atoms with E-state index in [-0.39, 0.29) is 31.6 Å². The van der Waals surface area contributed by atoms with Crippen LogP contribution in [0.4, 0.5) is 22.0 Å². The first kappa shape index (κ1) is 19.1. The molecule has 2 N–H and O–H groups in total. The maximum absolute atomic E-state index is 14.0. The van der Waals surface area contributed by atoms with Crippen molar-refractivity contribution in [1.82, 2.24) is 10.2 Å². The van der Waals surface area contributed by atoms with Crippen molar-refractivity contribution in [3.8, 4) is 0 Å². The molecular weight excluding hydrogens is 331 g/mol. The van der Waals surface area contributed by atoms with E-state index in [9.17, 15) is 22.0 Å². The first-order valence-electron chi connectivity index (χ1n) is 6.44. The van der Waals surface area contributed by atoms with Gasteiger partial charge in [0.15, 0.2) is 11.6 Å². The number of benzene rings is 1. The van der Waals surface area contributed by atoms with Crippen molar-refractivity contribution < 1.29 is 27.1 Å². The van der Waals surface area contributed by atoms with Gasteiger partial charge in [-0.25, -0.2) is 22.0 Å². The molecule has 1 heterocycles. The van der Waals surface area contributed by atoms with Gasteiger partial charge in [0, 0.05) is 37.8 Å². The zero-order valence-corrected chi connectivity index (χ0v) is 12.3. The standard InChI is InChI=1S/C13H15F5N2O.ClH/c14-9-6-11(16)10(15)5-8(9)12(13(17,18)7-21)20-3-1-19-2-4-20;/h5-6,12,19,21H,1-4,7H2;1H/t12-;/m1./s1. The smallest absolute Gasteiger partial charge is 0.290 e. The highest BCUT2D eigenvalue weighted by Crippen LogP contribution is 2.38. The lowest BCUT2D eigenvalue weighted by Gasteiger charge is -2.38. The molecule has 1 atom stereocenters. The molecule has 0 unspecified atom stereocenters. The van der Waals surface area contributed by atoms with Crippen LogP contribution >= 0.6 is 12.4 Å². The Kier molecular flexibility index (Phi) is 6.54. The third kappa shape index (κ3) is 3.87. The molecule has 0 spiro atoms. The van der Waals surface area contributed by atoms with Crippen LogP contribution in [0.5, 0.6) is 0 Å². The molecule has 1 fully saturated rings. The number of aliphatic hydroxyl groups excluding tert-OH is 1. The number of nitrogens with zero attached hydrogens (tertiary/aromatic N) is 1. The minimum atomic E-state index is -3.68. The van der Waals surface area contributed by atoms with E-state index in [1.807, 2.05) is 0 Å². The minimum absolute atomic E-state index is 0. The molecule has 0 saturated carbocycles. The second kappa shape index (κ2) is 7.54. The molecule has 1 aliphatic heterocycles. The molecule has 22 heavy (non-hydrogen) atoms. The van der Waals surface area contributed by atoms with Gasteiger partial charge in [-0.3, -0.25) is 4.90 Å². The van der Waals surface area contributed by atoms with Gasteiger partial charge in [0.25, 0.3) is 5.92 Å². The Morgan fingerprint density at radius 2 is 1.64 bits per heavy atom. The van der Waals surface area contributed by atoms with Crippen molar-refractivity contribution in [2.45, 2.75) is 12.0 Å². The van der Waals surface area contributed by atoms with Gasteiger partial charge in [0.1, 0.15) is 18.5 Å². The van der Waals surface area contributed by atoms with E-state index in [1.54, 1.807) is 0 Å². The maximum atomic E-state index is 14.0. The number of rotatable bonds is 4. The van der Waals surface area contributed by atoms with Crippen LogP contribution in [0.25, 0.3) is 0 Å². The van der Waals surface area contributed by atoms with Gasteiger partial charge in [0.05, 0.1) is 0 Å². The van der Waals surface area contributed by atoms with Crippen LogP contribution in [-0.4, -0.2) is 48.7 Å². The zero-order chi connectivity index (χ0) is 15.6. The normalized spacial score (nSPS) is 17.9. The number of hydrogen-bond acceptors (Lipinski definition) is 3. The molecule has 1 saturated heterocycles. The third-order valence-electron chi connectivity index (χ3n) is 3.46. The summed E-state index contributed by atoms with van der Waals surface area (Å²) >= 11 is 0. The molecule has 9 heteroatoms. The van der Waals surface area contributed by atoms with E-state index in [4.69, 9.17) is 5.11 Å². The lowest BCUT2D eigenvalue weighted by molar-refractivity contribution is -0.119. The van der Waals surface area contributed by atoms with Crippen LogP contribution in [0.15, 0.2) is 12.1 Å². The summed E-state index contributed by atoms with van der Waals surface area (Å²) in [6.45, 7) is -0.343. The van der Waals surface area contributed by atoms with Gasteiger partial charge < -0.3 is 10.4 Å². The van der Waals surface area contributed by atoms with Crippen molar-refractivity contribution in [1.29, 1.82) is 0 Å². The van der Waals surface area contributed by atoms with Crippen molar-refractivity contribution >= 4 is 12.4 Å². The Morgan fingerprint density at radius 1 is 1.09 bits per heavy atom. The van der Waals surface area contributed by atoms with Crippen molar-refractivity contribution in [3.63, 3.8) is 0 Å². The van der Waals surface area contributed by atoms with Crippen molar-refractivity contribution in [2.24, 2.45) is 0 Å². The Balaban J connectivity index is 0.00000242. The average Bonchev–Trinajstić information content (AvgIpc) is 2.45. The Labute approximate surface area is 130 Å². The fourth-order valence-corrected chi connectivity index (χ4v) is 2.47. The Bertz CT molecular complexity index is 511. The summed E-state index contributed by atoms with van der Waals surface area (Å²) in [6.07, 6.45) is 0. The lowest BCUT2D eigenvalue weighted by atomic mass is 9.97. The van der Waals surface area contributed by atoms with Gasteiger partial charge in [-0.2, -0.15) is 0 Å². The first-order valence-corrected chi connectivity index (χ1v) is 6.44. The van der Waals surface area contributed by atoms with E-state index < -0.39 is 41.6 Å². The summed E-state index contributed by atoms with van der Waals surface area (Å²) in [5, 5.41) is 11.8. The molecule has 1 aliphatic rings. The number of nitrogens with one attached hydrogen (secondary N) is 1. The molecule has 3 nitrogen and oxygen atoms in total. The predicted molar refractivity (Wildman–Crippen MR) is 72.8 cm³/mol. The Hall–Kier alpha value is -0.960. The molecule has 1 aromatic rings. The summed E-state index contributed by atoms with van der Waals surface area (Å²) in [5.74, 6) is -7.78. The lowest BCUT2D eigenvalue weighted by Crippen LogP contribution is -2.51. The van der Waals surface area contributed by atoms with E-state index in [0.717, 1.165) is 0 Å². The summed E-state index contributed by atoms with van der Waals surface area (Å²) in [6, 6.07) is -1.17. The largest absolute Gasteiger partial charge is 0.390 e. The van der Waals surface area contributed by atoms with Crippen LogP contribution < -0.4 is 5.32 Å². The zero-order valence-electron chi connectivity index (χ0n) is 11.5. The average molecular weight is 347 g/mol. The minimum Gasteiger partial charge on any atom is -0.390 e. The number of alkyl halides is 2. The first-order chi connectivity index (χ1) is 9.86. The highest BCUT2D eigenvalue weighted by Gasteiger charge is 2.45.